The van der Waals surface area contributed by atoms with Crippen molar-refractivity contribution in [3.8, 4) is 5.75 Å². The number of imide groups is 1. The van der Waals surface area contributed by atoms with Gasteiger partial charge in [0.1, 0.15) is 16.5 Å². The minimum Gasteiger partial charge on any atom is -0.462 e. The van der Waals surface area contributed by atoms with Crippen LogP contribution in [-0.4, -0.2) is 30.4 Å². The van der Waals surface area contributed by atoms with Gasteiger partial charge < -0.3 is 14.8 Å². The van der Waals surface area contributed by atoms with Gasteiger partial charge in [-0.2, -0.15) is 0 Å². The van der Waals surface area contributed by atoms with Crippen LogP contribution in [0.4, 0.5) is 11.4 Å². The Morgan fingerprint density at radius 2 is 1.59 bits per heavy atom. The second kappa shape index (κ2) is 11.4. The van der Waals surface area contributed by atoms with Crippen molar-refractivity contribution in [1.82, 2.24) is 0 Å². The second-order valence-corrected chi connectivity index (χ2v) is 9.13. The molecule has 2 amide bonds. The lowest BCUT2D eigenvalue weighted by Crippen LogP contribution is -2.33. The number of anilines is 2. The van der Waals surface area contributed by atoms with Gasteiger partial charge in [-0.1, -0.05) is 46.6 Å². The van der Waals surface area contributed by atoms with Crippen molar-refractivity contribution in [2.24, 2.45) is 0 Å². The monoisotopic (exact) mass is 582 g/mol. The van der Waals surface area contributed by atoms with Crippen molar-refractivity contribution < 1.29 is 28.7 Å². The number of carbonyl (C=O) groups is 4. The number of ether oxygens (including phenoxy) is 2. The van der Waals surface area contributed by atoms with Crippen LogP contribution in [0.5, 0.6) is 5.75 Å². The van der Waals surface area contributed by atoms with E-state index in [4.69, 9.17) is 21.1 Å². The molecule has 3 aromatic carbocycles. The summed E-state index contributed by atoms with van der Waals surface area (Å²) in [6.07, 6.45) is 0.623. The van der Waals surface area contributed by atoms with Crippen LogP contribution >= 0.6 is 27.5 Å². The molecule has 0 atom stereocenters. The molecule has 1 N–H and O–H groups in total. The molecule has 1 heterocycles. The maximum atomic E-state index is 13.2. The van der Waals surface area contributed by atoms with Crippen LogP contribution in [0.3, 0.4) is 0 Å². The minimum absolute atomic E-state index is 0.0667. The molecule has 1 aliphatic heterocycles. The normalized spacial score (nSPS) is 13.1. The zero-order valence-corrected chi connectivity index (χ0v) is 21.8. The summed E-state index contributed by atoms with van der Waals surface area (Å²) in [6.45, 7) is 2.06. The number of hydrogen-bond donors (Lipinski definition) is 1. The molecule has 0 radical (unpaired) electrons. The van der Waals surface area contributed by atoms with Crippen molar-refractivity contribution in [2.75, 3.05) is 16.8 Å². The minimum atomic E-state index is -0.778. The number of rotatable bonds is 8. The number of carbonyl (C=O) groups excluding carboxylic acids is 4. The Kier molecular flexibility index (Phi) is 8.05. The van der Waals surface area contributed by atoms with Crippen LogP contribution in [0, 0.1) is 0 Å². The lowest BCUT2D eigenvalue weighted by Gasteiger charge is -2.18. The summed E-state index contributed by atoms with van der Waals surface area (Å²) in [5.74, 6) is -2.33. The molecule has 0 spiro atoms. The highest BCUT2D eigenvalue weighted by Crippen LogP contribution is 2.32. The number of benzene rings is 3. The Morgan fingerprint density at radius 3 is 2.27 bits per heavy atom. The van der Waals surface area contributed by atoms with Gasteiger partial charge in [-0.3, -0.25) is 9.59 Å². The predicted molar refractivity (Wildman–Crippen MR) is 142 cm³/mol. The zero-order valence-electron chi connectivity index (χ0n) is 19.5. The SMILES string of the molecule is CCCOC(=O)c1ccccc1N1C(=O)C(Cl)=C(Nc2ccc(C(=O)Oc3ccc(Br)cc3)cc2)C1=O. The number of nitrogens with zero attached hydrogens (tertiary/aromatic N) is 1. The van der Waals surface area contributed by atoms with Gasteiger partial charge in [0.2, 0.25) is 0 Å². The number of amides is 2. The summed E-state index contributed by atoms with van der Waals surface area (Å²) in [7, 11) is 0. The Morgan fingerprint density at radius 1 is 0.919 bits per heavy atom. The van der Waals surface area contributed by atoms with Crippen LogP contribution in [0.1, 0.15) is 34.1 Å². The summed E-state index contributed by atoms with van der Waals surface area (Å²) >= 11 is 9.55. The molecule has 0 saturated heterocycles. The smallest absolute Gasteiger partial charge is 0.343 e. The predicted octanol–water partition coefficient (Wildman–Crippen LogP) is 5.67. The molecule has 0 bridgehead atoms. The number of esters is 2. The molecule has 0 unspecified atom stereocenters. The molecular formula is C27H20BrClN2O6. The Bertz CT molecular complexity index is 1400. The second-order valence-electron chi connectivity index (χ2n) is 7.83. The van der Waals surface area contributed by atoms with Crippen molar-refractivity contribution in [3.63, 3.8) is 0 Å². The molecule has 10 heteroatoms. The molecule has 188 valence electrons. The summed E-state index contributed by atoms with van der Waals surface area (Å²) < 4.78 is 11.4. The summed E-state index contributed by atoms with van der Waals surface area (Å²) in [6, 6.07) is 19.1. The average molecular weight is 584 g/mol. The van der Waals surface area contributed by atoms with Gasteiger partial charge in [0.05, 0.1) is 23.4 Å². The highest BCUT2D eigenvalue weighted by Gasteiger charge is 2.40. The molecule has 0 fully saturated rings. The number of halogens is 2. The molecule has 3 aromatic rings. The highest BCUT2D eigenvalue weighted by molar-refractivity contribution is 9.10. The van der Waals surface area contributed by atoms with Gasteiger partial charge >= 0.3 is 11.9 Å². The van der Waals surface area contributed by atoms with E-state index in [-0.39, 0.29) is 34.2 Å². The molecule has 8 nitrogen and oxygen atoms in total. The zero-order chi connectivity index (χ0) is 26.5. The third kappa shape index (κ3) is 5.73. The van der Waals surface area contributed by atoms with Crippen LogP contribution in [-0.2, 0) is 14.3 Å². The van der Waals surface area contributed by atoms with Gasteiger partial charge in [0.15, 0.2) is 0 Å². The van der Waals surface area contributed by atoms with Gasteiger partial charge in [-0.25, -0.2) is 14.5 Å². The highest BCUT2D eigenvalue weighted by atomic mass is 79.9. The first-order chi connectivity index (χ1) is 17.8. The van der Waals surface area contributed by atoms with Crippen molar-refractivity contribution >= 4 is 62.7 Å². The van der Waals surface area contributed by atoms with Crippen LogP contribution in [0.15, 0.2) is 88.0 Å². The van der Waals surface area contributed by atoms with E-state index in [2.05, 4.69) is 21.2 Å². The fraction of sp³-hybridized carbons (Fsp3) is 0.111. The molecule has 1 aliphatic rings. The lowest BCUT2D eigenvalue weighted by atomic mass is 10.1. The molecule has 0 saturated carbocycles. The molecule has 4 rings (SSSR count). The van der Waals surface area contributed by atoms with Gasteiger partial charge in [0.25, 0.3) is 11.8 Å². The van der Waals surface area contributed by atoms with E-state index in [9.17, 15) is 19.2 Å². The van der Waals surface area contributed by atoms with E-state index >= 15 is 0 Å². The van der Waals surface area contributed by atoms with Gasteiger partial charge in [0, 0.05) is 10.2 Å². The van der Waals surface area contributed by atoms with Crippen molar-refractivity contribution in [3.05, 3.63) is 99.1 Å². The largest absolute Gasteiger partial charge is 0.462 e. The summed E-state index contributed by atoms with van der Waals surface area (Å²) in [5, 5.41) is 2.50. The number of para-hydroxylation sites is 1. The third-order valence-electron chi connectivity index (χ3n) is 5.24. The maximum Gasteiger partial charge on any atom is 0.343 e. The van der Waals surface area contributed by atoms with Crippen molar-refractivity contribution in [1.29, 1.82) is 0 Å². The van der Waals surface area contributed by atoms with Crippen LogP contribution in [0.2, 0.25) is 0 Å². The number of hydrogen-bond acceptors (Lipinski definition) is 7. The van der Waals surface area contributed by atoms with E-state index < -0.39 is 23.8 Å². The van der Waals surface area contributed by atoms with E-state index in [0.717, 1.165) is 9.37 Å². The standard InChI is InChI=1S/C27H20BrClN2O6/c1-2-15-36-27(35)20-5-3-4-6-21(20)31-24(32)22(29)23(25(31)33)30-18-11-7-16(8-12-18)26(34)37-19-13-9-17(28)10-14-19/h3-14,30H,2,15H2,1H3. The molecule has 0 aliphatic carbocycles. The van der Waals surface area contributed by atoms with Crippen molar-refractivity contribution in [2.45, 2.75) is 13.3 Å². The molecule has 37 heavy (non-hydrogen) atoms. The van der Waals surface area contributed by atoms with E-state index in [0.29, 0.717) is 17.9 Å². The average Bonchev–Trinajstić information content (AvgIpc) is 3.11. The van der Waals surface area contributed by atoms with Gasteiger partial charge in [-0.15, -0.1) is 0 Å². The van der Waals surface area contributed by atoms with E-state index in [1.807, 2.05) is 6.92 Å². The maximum absolute atomic E-state index is 13.2. The third-order valence-corrected chi connectivity index (χ3v) is 6.12. The quantitative estimate of drug-likeness (QED) is 0.207. The van der Waals surface area contributed by atoms with E-state index in [1.54, 1.807) is 48.5 Å². The van der Waals surface area contributed by atoms with Gasteiger partial charge in [-0.05, 0) is 67.1 Å². The fourth-order valence-electron chi connectivity index (χ4n) is 3.45. The molecule has 0 aromatic heterocycles. The topological polar surface area (TPSA) is 102 Å². The van der Waals surface area contributed by atoms with E-state index in [1.165, 1.54) is 24.3 Å². The Balaban J connectivity index is 1.50. The fourth-order valence-corrected chi connectivity index (χ4v) is 3.92. The first-order valence-electron chi connectivity index (χ1n) is 11.2. The number of nitrogens with one attached hydrogen (secondary N) is 1. The van der Waals surface area contributed by atoms with Crippen LogP contribution < -0.4 is 15.0 Å². The first kappa shape index (κ1) is 26.1. The summed E-state index contributed by atoms with van der Waals surface area (Å²) in [5.41, 5.74) is 0.667. The Hall–Kier alpha value is -3.95. The Labute approximate surface area is 225 Å². The molecular weight excluding hydrogens is 564 g/mol. The first-order valence-corrected chi connectivity index (χ1v) is 12.4. The van der Waals surface area contributed by atoms with Crippen LogP contribution in [0.25, 0.3) is 0 Å². The summed E-state index contributed by atoms with van der Waals surface area (Å²) in [4.78, 5) is 51.8. The lowest BCUT2D eigenvalue weighted by molar-refractivity contribution is -0.120.